The van der Waals surface area contributed by atoms with Gasteiger partial charge in [0.1, 0.15) is 12.2 Å². The van der Waals surface area contributed by atoms with Crippen LogP contribution in [0.4, 0.5) is 0 Å². The highest BCUT2D eigenvalue weighted by Gasteiger charge is 2.28. The zero-order valence-electron chi connectivity index (χ0n) is 50.0. The van der Waals surface area contributed by atoms with E-state index < -0.39 is 36.9 Å². The van der Waals surface area contributed by atoms with Crippen LogP contribution in [0.5, 0.6) is 0 Å². The van der Waals surface area contributed by atoms with E-state index >= 15 is 0 Å². The summed E-state index contributed by atoms with van der Waals surface area (Å²) in [6.45, 7) is 4.07. The van der Waals surface area contributed by atoms with E-state index in [9.17, 15) is 25.2 Å². The lowest BCUT2D eigenvalue weighted by molar-refractivity contribution is -0.132. The summed E-state index contributed by atoms with van der Waals surface area (Å²) in [6, 6.07) is -1.01. The first-order valence-corrected chi connectivity index (χ1v) is 33.2. The van der Waals surface area contributed by atoms with E-state index in [1.807, 2.05) is 0 Å². The molecular formula is C69H129NO5. The Bertz CT molecular complexity index is 1270. The van der Waals surface area contributed by atoms with Gasteiger partial charge in [-0.25, -0.2) is 0 Å². The monoisotopic (exact) mass is 1050 g/mol. The number of aliphatic hydroxyl groups excluding tert-OH is 4. The smallest absolute Gasteiger partial charge is 0.249 e. The van der Waals surface area contributed by atoms with Crippen molar-refractivity contribution in [2.24, 2.45) is 0 Å². The first kappa shape index (κ1) is 73.0. The molecule has 0 aliphatic rings. The fraction of sp³-hybridized carbons (Fsp3) is 0.841. The molecule has 0 bridgehead atoms. The van der Waals surface area contributed by atoms with Gasteiger partial charge in [-0.05, 0) is 96.3 Å². The lowest BCUT2D eigenvalue weighted by atomic mass is 10.00. The average Bonchev–Trinajstić information content (AvgIpc) is 3.42. The number of hydrogen-bond acceptors (Lipinski definition) is 5. The summed E-state index contributed by atoms with van der Waals surface area (Å²) in [7, 11) is 0. The van der Waals surface area contributed by atoms with Gasteiger partial charge in [0.2, 0.25) is 5.91 Å². The van der Waals surface area contributed by atoms with Gasteiger partial charge >= 0.3 is 0 Å². The standard InChI is InChI=1S/C69H129NO5/c1-3-5-7-9-11-13-15-17-19-21-23-25-26-27-28-29-30-31-32-33-34-35-36-37-38-39-40-41-43-45-47-49-51-53-55-57-59-61-63-67(73)69(75)70-65(64-71)68(74)66(72)62-60-58-56-54-52-50-48-46-44-42-24-22-20-18-16-14-12-10-8-6-4-2/h22,24,30-31,33-34,46,48,54,56,65-68,71-74H,3-21,23,25-29,32,35-45,47,49-53,55,57-64H2,1-2H3,(H,70,75)/b24-22+,31-30-,34-33-,48-46+,56-54+. The molecular weight excluding hydrogens is 923 g/mol. The molecule has 0 heterocycles. The van der Waals surface area contributed by atoms with Crippen molar-refractivity contribution in [1.82, 2.24) is 5.32 Å². The number of rotatable bonds is 61. The van der Waals surface area contributed by atoms with Crippen LogP contribution in [0.15, 0.2) is 60.8 Å². The SMILES string of the molecule is CCCCCCCCCC/C=C/CC/C=C/CC/C=C/CCCC(O)C(O)C(CO)NC(=O)C(O)CCCCCCCCCCCCCCCCCC/C=C\C/C=C\CCCCCCCCCCCCCCCCC. The third kappa shape index (κ3) is 56.5. The zero-order valence-corrected chi connectivity index (χ0v) is 50.0. The summed E-state index contributed by atoms with van der Waals surface area (Å²) < 4.78 is 0. The van der Waals surface area contributed by atoms with Crippen LogP contribution in [0.1, 0.15) is 341 Å². The van der Waals surface area contributed by atoms with Gasteiger partial charge in [0.05, 0.1) is 18.8 Å². The van der Waals surface area contributed by atoms with Crippen LogP contribution in [-0.2, 0) is 4.79 Å². The van der Waals surface area contributed by atoms with E-state index in [0.717, 1.165) is 57.8 Å². The Morgan fingerprint density at radius 2 is 0.600 bits per heavy atom. The van der Waals surface area contributed by atoms with Crippen molar-refractivity contribution in [1.29, 1.82) is 0 Å². The number of nitrogens with one attached hydrogen (secondary N) is 1. The molecule has 5 N–H and O–H groups in total. The average molecular weight is 1050 g/mol. The topological polar surface area (TPSA) is 110 Å². The molecule has 4 unspecified atom stereocenters. The van der Waals surface area contributed by atoms with E-state index in [1.165, 1.54) is 250 Å². The van der Waals surface area contributed by atoms with Crippen LogP contribution in [-0.4, -0.2) is 57.3 Å². The Morgan fingerprint density at radius 3 is 0.920 bits per heavy atom. The summed E-state index contributed by atoms with van der Waals surface area (Å²) in [6.07, 6.45) is 83.4. The second kappa shape index (κ2) is 62.8. The van der Waals surface area contributed by atoms with Crippen molar-refractivity contribution >= 4 is 5.91 Å². The lowest BCUT2D eigenvalue weighted by Crippen LogP contribution is -2.53. The first-order chi connectivity index (χ1) is 37.0. The second-order valence-electron chi connectivity index (χ2n) is 22.8. The number of allylic oxidation sites excluding steroid dienone is 10. The molecule has 0 radical (unpaired) electrons. The van der Waals surface area contributed by atoms with Crippen molar-refractivity contribution in [3.05, 3.63) is 60.8 Å². The maximum absolute atomic E-state index is 12.6. The molecule has 6 nitrogen and oxygen atoms in total. The Morgan fingerprint density at radius 1 is 0.333 bits per heavy atom. The minimum Gasteiger partial charge on any atom is -0.394 e. The molecule has 0 aromatic heterocycles. The summed E-state index contributed by atoms with van der Waals surface area (Å²) >= 11 is 0. The molecule has 0 saturated heterocycles. The van der Waals surface area contributed by atoms with E-state index in [-0.39, 0.29) is 0 Å². The van der Waals surface area contributed by atoms with Gasteiger partial charge in [0.25, 0.3) is 0 Å². The third-order valence-electron chi connectivity index (χ3n) is 15.4. The molecule has 0 fully saturated rings. The molecule has 0 aromatic rings. The van der Waals surface area contributed by atoms with Gasteiger partial charge in [0.15, 0.2) is 0 Å². The molecule has 0 aliphatic heterocycles. The van der Waals surface area contributed by atoms with Gasteiger partial charge in [-0.3, -0.25) is 4.79 Å². The molecule has 0 aromatic carbocycles. The van der Waals surface area contributed by atoms with Gasteiger partial charge in [-0.1, -0.05) is 306 Å². The number of carbonyl (C=O) groups excluding carboxylic acids is 1. The third-order valence-corrected chi connectivity index (χ3v) is 15.4. The van der Waals surface area contributed by atoms with Crippen molar-refractivity contribution in [2.45, 2.75) is 366 Å². The number of carbonyl (C=O) groups is 1. The van der Waals surface area contributed by atoms with Crippen LogP contribution in [0.3, 0.4) is 0 Å². The summed E-state index contributed by atoms with van der Waals surface area (Å²) in [4.78, 5) is 12.6. The Kier molecular flexibility index (Phi) is 61.2. The van der Waals surface area contributed by atoms with Gasteiger partial charge < -0.3 is 25.7 Å². The maximum atomic E-state index is 12.6. The number of hydrogen-bond donors (Lipinski definition) is 5. The molecule has 0 spiro atoms. The quantitative estimate of drug-likeness (QED) is 0.0308. The van der Waals surface area contributed by atoms with Crippen LogP contribution < -0.4 is 5.32 Å². The van der Waals surface area contributed by atoms with Gasteiger partial charge in [0, 0.05) is 0 Å². The molecule has 1 amide bonds. The highest BCUT2D eigenvalue weighted by atomic mass is 16.3. The van der Waals surface area contributed by atoms with Crippen LogP contribution in [0.2, 0.25) is 0 Å². The van der Waals surface area contributed by atoms with Crippen molar-refractivity contribution < 1.29 is 25.2 Å². The predicted octanol–water partition coefficient (Wildman–Crippen LogP) is 20.3. The van der Waals surface area contributed by atoms with Crippen LogP contribution >= 0.6 is 0 Å². The molecule has 6 heteroatoms. The minimum atomic E-state index is -1.30. The fourth-order valence-electron chi connectivity index (χ4n) is 10.2. The summed E-state index contributed by atoms with van der Waals surface area (Å²) in [5.74, 6) is -0.597. The summed E-state index contributed by atoms with van der Waals surface area (Å²) in [5.41, 5.74) is 0. The fourth-order valence-corrected chi connectivity index (χ4v) is 10.2. The maximum Gasteiger partial charge on any atom is 0.249 e. The lowest BCUT2D eigenvalue weighted by Gasteiger charge is -2.27. The molecule has 0 aliphatic carbocycles. The van der Waals surface area contributed by atoms with Gasteiger partial charge in [-0.15, -0.1) is 0 Å². The van der Waals surface area contributed by atoms with E-state index in [4.69, 9.17) is 0 Å². The van der Waals surface area contributed by atoms with Crippen molar-refractivity contribution in [3.63, 3.8) is 0 Å². The first-order valence-electron chi connectivity index (χ1n) is 33.2. The zero-order chi connectivity index (χ0) is 54.4. The highest BCUT2D eigenvalue weighted by Crippen LogP contribution is 2.18. The van der Waals surface area contributed by atoms with Crippen molar-refractivity contribution in [2.75, 3.05) is 6.61 Å². The Balaban J connectivity index is 3.60. The normalized spacial score (nSPS) is 13.9. The molecule has 0 saturated carbocycles. The molecule has 440 valence electrons. The number of aliphatic hydroxyl groups is 4. The summed E-state index contributed by atoms with van der Waals surface area (Å²) in [5, 5.41) is 44.1. The van der Waals surface area contributed by atoms with E-state index in [2.05, 4.69) is 79.9 Å². The highest BCUT2D eigenvalue weighted by molar-refractivity contribution is 5.80. The number of amides is 1. The largest absolute Gasteiger partial charge is 0.394 e. The van der Waals surface area contributed by atoms with E-state index in [0.29, 0.717) is 19.3 Å². The van der Waals surface area contributed by atoms with Crippen LogP contribution in [0.25, 0.3) is 0 Å². The number of unbranched alkanes of at least 4 members (excludes halogenated alkanes) is 42. The van der Waals surface area contributed by atoms with Gasteiger partial charge in [-0.2, -0.15) is 0 Å². The molecule has 4 atom stereocenters. The van der Waals surface area contributed by atoms with Crippen LogP contribution in [0, 0.1) is 0 Å². The minimum absolute atomic E-state index is 0.358. The molecule has 75 heavy (non-hydrogen) atoms. The Labute approximate surface area is 467 Å². The predicted molar refractivity (Wildman–Crippen MR) is 330 cm³/mol. The second-order valence-corrected chi connectivity index (χ2v) is 22.8. The van der Waals surface area contributed by atoms with Crippen molar-refractivity contribution in [3.8, 4) is 0 Å². The van der Waals surface area contributed by atoms with E-state index in [1.54, 1.807) is 0 Å². The molecule has 0 rings (SSSR count). The Hall–Kier alpha value is -1.99.